The van der Waals surface area contributed by atoms with Gasteiger partial charge in [0.2, 0.25) is 5.91 Å². The van der Waals surface area contributed by atoms with Gasteiger partial charge in [0.1, 0.15) is 5.82 Å². The first-order valence-electron chi connectivity index (χ1n) is 12.1. The lowest BCUT2D eigenvalue weighted by atomic mass is 9.95. The average Bonchev–Trinajstić information content (AvgIpc) is 2.84. The number of carbonyl (C=O) groups excluding carboxylic acids is 1. The summed E-state index contributed by atoms with van der Waals surface area (Å²) in [5, 5.41) is 15.7. The van der Waals surface area contributed by atoms with Gasteiger partial charge in [-0.15, -0.1) is 12.4 Å². The summed E-state index contributed by atoms with van der Waals surface area (Å²) in [6.45, 7) is 3.66. The molecule has 1 amide bonds. The number of carbonyl (C=O) groups is 2. The maximum atomic E-state index is 13.0. The molecular formula is C26H35ClN4O3. The molecule has 0 saturated carbocycles. The van der Waals surface area contributed by atoms with E-state index in [0.29, 0.717) is 0 Å². The van der Waals surface area contributed by atoms with Crippen LogP contribution in [0.15, 0.2) is 42.5 Å². The maximum absolute atomic E-state index is 13.0. The minimum atomic E-state index is -0.916. The van der Waals surface area contributed by atoms with E-state index in [1.807, 2.05) is 30.3 Å². The van der Waals surface area contributed by atoms with E-state index in [4.69, 9.17) is 4.98 Å². The van der Waals surface area contributed by atoms with E-state index in [2.05, 4.69) is 27.7 Å². The molecule has 1 fully saturated rings. The Morgan fingerprint density at radius 3 is 2.79 bits per heavy atom. The van der Waals surface area contributed by atoms with Gasteiger partial charge in [0.15, 0.2) is 0 Å². The summed E-state index contributed by atoms with van der Waals surface area (Å²) in [6, 6.07) is 13.2. The molecule has 0 unspecified atom stereocenters. The number of rotatable bonds is 9. The van der Waals surface area contributed by atoms with Crippen molar-refractivity contribution in [2.75, 3.05) is 31.5 Å². The number of hydrogen-bond acceptors (Lipinski definition) is 5. The molecule has 7 nitrogen and oxygen atoms in total. The van der Waals surface area contributed by atoms with Gasteiger partial charge >= 0.3 is 5.97 Å². The van der Waals surface area contributed by atoms with E-state index < -0.39 is 12.0 Å². The van der Waals surface area contributed by atoms with Crippen LogP contribution in [0.2, 0.25) is 0 Å². The van der Waals surface area contributed by atoms with Gasteiger partial charge in [0.05, 0.1) is 18.4 Å². The van der Waals surface area contributed by atoms with E-state index in [-0.39, 0.29) is 30.7 Å². The predicted molar refractivity (Wildman–Crippen MR) is 135 cm³/mol. The fourth-order valence-corrected chi connectivity index (χ4v) is 4.87. The van der Waals surface area contributed by atoms with Crippen LogP contribution in [0.1, 0.15) is 55.0 Å². The van der Waals surface area contributed by atoms with Crippen molar-refractivity contribution in [1.82, 2.24) is 15.2 Å². The molecular weight excluding hydrogens is 452 g/mol. The highest BCUT2D eigenvalue weighted by Crippen LogP contribution is 2.23. The van der Waals surface area contributed by atoms with Gasteiger partial charge in [-0.3, -0.25) is 9.59 Å². The number of fused-ring (bicyclic) bond motifs is 1. The lowest BCUT2D eigenvalue weighted by Crippen LogP contribution is -2.44. The van der Waals surface area contributed by atoms with Crippen LogP contribution in [0.25, 0.3) is 0 Å². The summed E-state index contributed by atoms with van der Waals surface area (Å²) < 4.78 is 0. The number of halogens is 1. The van der Waals surface area contributed by atoms with Crippen LogP contribution in [-0.4, -0.2) is 53.0 Å². The number of benzene rings is 1. The fraction of sp³-hybridized carbons (Fsp3) is 0.500. The minimum absolute atomic E-state index is 0. The van der Waals surface area contributed by atoms with E-state index in [9.17, 15) is 14.7 Å². The van der Waals surface area contributed by atoms with Gasteiger partial charge in [-0.2, -0.15) is 0 Å². The van der Waals surface area contributed by atoms with E-state index in [1.54, 1.807) is 0 Å². The van der Waals surface area contributed by atoms with Crippen molar-refractivity contribution >= 4 is 30.1 Å². The molecule has 2 aliphatic heterocycles. The Bertz CT molecular complexity index is 956. The normalized spacial score (nSPS) is 18.6. The zero-order chi connectivity index (χ0) is 23.0. The number of hydrogen-bond donors (Lipinski definition) is 3. The summed E-state index contributed by atoms with van der Waals surface area (Å²) in [6.07, 6.45) is 5.91. The lowest BCUT2D eigenvalue weighted by molar-refractivity contribution is -0.138. The molecule has 1 saturated heterocycles. The zero-order valence-corrected chi connectivity index (χ0v) is 20.4. The molecule has 3 N–H and O–H groups in total. The maximum Gasteiger partial charge on any atom is 0.305 e. The second-order valence-corrected chi connectivity index (χ2v) is 9.15. The quantitative estimate of drug-likeness (QED) is 0.498. The number of piperidine rings is 1. The highest BCUT2D eigenvalue weighted by atomic mass is 35.5. The standard InChI is InChI=1S/C26H34N4O3.ClH/c31-24(32)17-23(19-7-2-1-3-8-19)29-26(33)21-10-5-15-30(18-21)16-6-11-22-13-12-20-9-4-14-27-25(20)28-22;/h1-3,7-8,12-13,21,23H,4-6,9-11,14-18H2,(H,27,28)(H,29,33)(H,31,32);1H/t21-,23+;/m1./s1. The average molecular weight is 487 g/mol. The van der Waals surface area contributed by atoms with Gasteiger partial charge in [0.25, 0.3) is 0 Å². The van der Waals surface area contributed by atoms with Crippen molar-refractivity contribution < 1.29 is 14.7 Å². The van der Waals surface area contributed by atoms with Crippen LogP contribution >= 0.6 is 12.4 Å². The molecule has 2 aliphatic rings. The summed E-state index contributed by atoms with van der Waals surface area (Å²) >= 11 is 0. The molecule has 2 aromatic rings. The second-order valence-electron chi connectivity index (χ2n) is 9.15. The Hall–Kier alpha value is -2.64. The Morgan fingerprint density at radius 1 is 1.18 bits per heavy atom. The van der Waals surface area contributed by atoms with Crippen LogP contribution in [-0.2, 0) is 22.4 Å². The first kappa shape index (κ1) is 26.0. The number of carboxylic acid groups (broad SMARTS) is 1. The zero-order valence-electron chi connectivity index (χ0n) is 19.5. The minimum Gasteiger partial charge on any atom is -0.481 e. The molecule has 1 aromatic carbocycles. The lowest BCUT2D eigenvalue weighted by Gasteiger charge is -2.33. The number of aromatic nitrogens is 1. The summed E-state index contributed by atoms with van der Waals surface area (Å²) in [5.41, 5.74) is 3.26. The van der Waals surface area contributed by atoms with E-state index in [0.717, 1.165) is 75.4 Å². The van der Waals surface area contributed by atoms with Crippen molar-refractivity contribution in [1.29, 1.82) is 0 Å². The Balaban J connectivity index is 0.00000324. The third-order valence-electron chi connectivity index (χ3n) is 6.63. The number of anilines is 1. The van der Waals surface area contributed by atoms with Gasteiger partial charge in [-0.05, 0) is 68.8 Å². The monoisotopic (exact) mass is 486 g/mol. The van der Waals surface area contributed by atoms with Crippen LogP contribution in [0.3, 0.4) is 0 Å². The number of pyridine rings is 1. The van der Waals surface area contributed by atoms with Crippen molar-refractivity contribution in [3.8, 4) is 0 Å². The summed E-state index contributed by atoms with van der Waals surface area (Å²) in [4.78, 5) is 31.5. The number of carboxylic acids is 1. The molecule has 0 bridgehead atoms. The molecule has 8 heteroatoms. The van der Waals surface area contributed by atoms with Gasteiger partial charge in [0, 0.05) is 18.8 Å². The number of likely N-dealkylation sites (tertiary alicyclic amines) is 1. The van der Waals surface area contributed by atoms with Crippen LogP contribution in [0.4, 0.5) is 5.82 Å². The molecule has 0 aliphatic carbocycles. The van der Waals surface area contributed by atoms with E-state index in [1.165, 1.54) is 12.0 Å². The fourth-order valence-electron chi connectivity index (χ4n) is 4.87. The first-order valence-corrected chi connectivity index (χ1v) is 12.1. The Morgan fingerprint density at radius 2 is 2.00 bits per heavy atom. The summed E-state index contributed by atoms with van der Waals surface area (Å²) in [7, 11) is 0. The molecule has 3 heterocycles. The van der Waals surface area contributed by atoms with Crippen LogP contribution in [0, 0.1) is 5.92 Å². The van der Waals surface area contributed by atoms with Gasteiger partial charge in [-0.25, -0.2) is 4.98 Å². The Kier molecular flexibility index (Phi) is 9.72. The van der Waals surface area contributed by atoms with Crippen molar-refractivity contribution in [3.63, 3.8) is 0 Å². The second kappa shape index (κ2) is 12.7. The van der Waals surface area contributed by atoms with Gasteiger partial charge < -0.3 is 20.6 Å². The van der Waals surface area contributed by atoms with Crippen molar-refractivity contribution in [2.45, 2.75) is 51.0 Å². The number of aryl methyl sites for hydroxylation is 2. The van der Waals surface area contributed by atoms with Crippen molar-refractivity contribution in [3.05, 3.63) is 59.3 Å². The van der Waals surface area contributed by atoms with Crippen LogP contribution in [0.5, 0.6) is 0 Å². The third-order valence-corrected chi connectivity index (χ3v) is 6.63. The van der Waals surface area contributed by atoms with Crippen molar-refractivity contribution in [2.24, 2.45) is 5.92 Å². The Labute approximate surface area is 207 Å². The molecule has 2 atom stereocenters. The molecule has 184 valence electrons. The number of nitrogens with zero attached hydrogens (tertiary/aromatic N) is 2. The highest BCUT2D eigenvalue weighted by molar-refractivity contribution is 5.85. The SMILES string of the molecule is Cl.O=C(O)C[C@H](NC(=O)[C@@H]1CCCN(CCCc2ccc3c(n2)NCCC3)C1)c1ccccc1. The molecule has 1 aromatic heterocycles. The summed E-state index contributed by atoms with van der Waals surface area (Å²) in [5.74, 6) is -0.0229. The number of amides is 1. The number of nitrogens with one attached hydrogen (secondary N) is 2. The third kappa shape index (κ3) is 7.18. The predicted octanol–water partition coefficient (Wildman–Crippen LogP) is 3.84. The molecule has 34 heavy (non-hydrogen) atoms. The van der Waals surface area contributed by atoms with Crippen LogP contribution < -0.4 is 10.6 Å². The number of aliphatic carboxylic acids is 1. The van der Waals surface area contributed by atoms with Gasteiger partial charge in [-0.1, -0.05) is 36.4 Å². The largest absolute Gasteiger partial charge is 0.481 e. The first-order chi connectivity index (χ1) is 16.1. The molecule has 4 rings (SSSR count). The topological polar surface area (TPSA) is 94.6 Å². The van der Waals surface area contributed by atoms with E-state index >= 15 is 0 Å². The smallest absolute Gasteiger partial charge is 0.305 e. The molecule has 0 radical (unpaired) electrons. The molecule has 0 spiro atoms. The highest BCUT2D eigenvalue weighted by Gasteiger charge is 2.28.